The third kappa shape index (κ3) is 5.61. The molecule has 0 aliphatic carbocycles. The Morgan fingerprint density at radius 3 is 2.55 bits per heavy atom. The summed E-state index contributed by atoms with van der Waals surface area (Å²) in [5.74, 6) is 0.393. The smallest absolute Gasteiger partial charge is 0.266 e. The van der Waals surface area contributed by atoms with Crippen LogP contribution < -0.4 is 10.2 Å². The largest absolute Gasteiger partial charge is 0.378 e. The molecule has 0 saturated carbocycles. The SMILES string of the molecule is CN(C)c1cccc(N/C=C(/C#N)C(=O)N2CCC(Cc3ccccc3)CC2)c1. The maximum Gasteiger partial charge on any atom is 0.266 e. The van der Waals surface area contributed by atoms with E-state index >= 15 is 0 Å². The maximum absolute atomic E-state index is 12.8. The Hall–Kier alpha value is -3.26. The summed E-state index contributed by atoms with van der Waals surface area (Å²) in [6, 6.07) is 20.4. The fourth-order valence-corrected chi connectivity index (χ4v) is 3.63. The first kappa shape index (κ1) is 20.5. The van der Waals surface area contributed by atoms with E-state index in [0.29, 0.717) is 19.0 Å². The van der Waals surface area contributed by atoms with Crippen LogP contribution in [0.15, 0.2) is 66.4 Å². The molecule has 29 heavy (non-hydrogen) atoms. The number of anilines is 2. The molecule has 1 saturated heterocycles. The number of likely N-dealkylation sites (tertiary alicyclic amines) is 1. The Bertz CT molecular complexity index is 891. The predicted molar refractivity (Wildman–Crippen MR) is 118 cm³/mol. The molecule has 1 N–H and O–H groups in total. The standard InChI is InChI=1S/C24H28N4O/c1-27(2)23-10-6-9-22(16-23)26-18-21(17-25)24(29)28-13-11-20(12-14-28)15-19-7-4-3-5-8-19/h3-10,16,18,20,26H,11-15H2,1-2H3/b21-18-. The molecule has 1 amide bonds. The van der Waals surface area contributed by atoms with Crippen LogP contribution in [0.25, 0.3) is 0 Å². The number of amides is 1. The van der Waals surface area contributed by atoms with Gasteiger partial charge in [0.15, 0.2) is 0 Å². The van der Waals surface area contributed by atoms with E-state index in [0.717, 1.165) is 30.6 Å². The highest BCUT2D eigenvalue weighted by Crippen LogP contribution is 2.23. The molecule has 2 aromatic rings. The highest BCUT2D eigenvalue weighted by Gasteiger charge is 2.25. The summed E-state index contributed by atoms with van der Waals surface area (Å²) in [5.41, 5.74) is 3.38. The summed E-state index contributed by atoms with van der Waals surface area (Å²) in [5, 5.41) is 12.6. The van der Waals surface area contributed by atoms with Crippen LogP contribution in [-0.4, -0.2) is 38.0 Å². The van der Waals surface area contributed by atoms with E-state index < -0.39 is 0 Å². The molecule has 0 bridgehead atoms. The van der Waals surface area contributed by atoms with E-state index in [-0.39, 0.29) is 11.5 Å². The van der Waals surface area contributed by atoms with Gasteiger partial charge in [-0.05, 0) is 48.9 Å². The van der Waals surface area contributed by atoms with Gasteiger partial charge in [0.2, 0.25) is 0 Å². The summed E-state index contributed by atoms with van der Waals surface area (Å²) in [7, 11) is 3.95. The molecule has 0 aromatic heterocycles. The van der Waals surface area contributed by atoms with E-state index in [4.69, 9.17) is 0 Å². The molecule has 1 aliphatic heterocycles. The summed E-state index contributed by atoms with van der Waals surface area (Å²) in [4.78, 5) is 16.6. The van der Waals surface area contributed by atoms with Gasteiger partial charge < -0.3 is 15.1 Å². The zero-order valence-corrected chi connectivity index (χ0v) is 17.1. The molecular formula is C24H28N4O. The molecule has 3 rings (SSSR count). The van der Waals surface area contributed by atoms with E-state index in [2.05, 4.69) is 35.7 Å². The second kappa shape index (κ2) is 9.79. The second-order valence-corrected chi connectivity index (χ2v) is 7.68. The van der Waals surface area contributed by atoms with Gasteiger partial charge in [-0.3, -0.25) is 4.79 Å². The van der Waals surface area contributed by atoms with Gasteiger partial charge in [-0.2, -0.15) is 5.26 Å². The van der Waals surface area contributed by atoms with Crippen molar-refractivity contribution in [1.82, 2.24) is 4.90 Å². The van der Waals surface area contributed by atoms with Crippen LogP contribution in [-0.2, 0) is 11.2 Å². The highest BCUT2D eigenvalue weighted by atomic mass is 16.2. The molecule has 2 aromatic carbocycles. The Labute approximate surface area is 173 Å². The number of nitrogens with zero attached hydrogens (tertiary/aromatic N) is 3. The fraction of sp³-hybridized carbons (Fsp3) is 0.333. The Morgan fingerprint density at radius 1 is 1.17 bits per heavy atom. The number of rotatable bonds is 6. The van der Waals surface area contributed by atoms with Crippen LogP contribution in [0, 0.1) is 17.2 Å². The first-order chi connectivity index (χ1) is 14.1. The van der Waals surface area contributed by atoms with E-state index in [9.17, 15) is 10.1 Å². The van der Waals surface area contributed by atoms with Crippen LogP contribution in [0.4, 0.5) is 11.4 Å². The zero-order valence-electron chi connectivity index (χ0n) is 17.1. The van der Waals surface area contributed by atoms with E-state index in [1.807, 2.05) is 49.3 Å². The first-order valence-corrected chi connectivity index (χ1v) is 10.0. The number of nitriles is 1. The number of hydrogen-bond acceptors (Lipinski definition) is 4. The Kier molecular flexibility index (Phi) is 6.91. The van der Waals surface area contributed by atoms with Gasteiger partial charge in [0.25, 0.3) is 5.91 Å². The zero-order chi connectivity index (χ0) is 20.6. The number of piperidine rings is 1. The van der Waals surface area contributed by atoms with Gasteiger partial charge in [0.1, 0.15) is 11.6 Å². The number of hydrogen-bond donors (Lipinski definition) is 1. The lowest BCUT2D eigenvalue weighted by atomic mass is 9.90. The molecule has 1 fully saturated rings. The van der Waals surface area contributed by atoms with Crippen molar-refractivity contribution in [3.05, 3.63) is 71.9 Å². The number of carbonyl (C=O) groups excluding carboxylic acids is 1. The van der Waals surface area contributed by atoms with Gasteiger partial charge in [-0.1, -0.05) is 36.4 Å². The lowest BCUT2D eigenvalue weighted by Gasteiger charge is -2.32. The normalized spacial score (nSPS) is 14.9. The Morgan fingerprint density at radius 2 is 1.90 bits per heavy atom. The molecule has 0 unspecified atom stereocenters. The summed E-state index contributed by atoms with van der Waals surface area (Å²) < 4.78 is 0. The molecule has 5 nitrogen and oxygen atoms in total. The Balaban J connectivity index is 1.56. The van der Waals surface area contributed by atoms with Crippen molar-refractivity contribution < 1.29 is 4.79 Å². The van der Waals surface area contributed by atoms with Crippen LogP contribution in [0.2, 0.25) is 0 Å². The monoisotopic (exact) mass is 388 g/mol. The lowest BCUT2D eigenvalue weighted by molar-refractivity contribution is -0.128. The molecule has 5 heteroatoms. The first-order valence-electron chi connectivity index (χ1n) is 10.0. The minimum absolute atomic E-state index is 0.141. The molecule has 150 valence electrons. The van der Waals surface area contributed by atoms with Crippen molar-refractivity contribution in [3.63, 3.8) is 0 Å². The third-order valence-corrected chi connectivity index (χ3v) is 5.37. The van der Waals surface area contributed by atoms with Gasteiger partial charge in [0.05, 0.1) is 0 Å². The van der Waals surface area contributed by atoms with Crippen molar-refractivity contribution in [2.45, 2.75) is 19.3 Å². The van der Waals surface area contributed by atoms with Crippen molar-refractivity contribution in [1.29, 1.82) is 5.26 Å². The molecule has 0 atom stereocenters. The van der Waals surface area contributed by atoms with Crippen molar-refractivity contribution in [2.75, 3.05) is 37.4 Å². The molecule has 0 spiro atoms. The van der Waals surface area contributed by atoms with Gasteiger partial charge in [-0.25, -0.2) is 0 Å². The number of nitrogens with one attached hydrogen (secondary N) is 1. The average Bonchev–Trinajstić information content (AvgIpc) is 2.75. The number of benzene rings is 2. The summed E-state index contributed by atoms with van der Waals surface area (Å²) in [6.07, 6.45) is 4.51. The van der Waals surface area contributed by atoms with Crippen LogP contribution in [0.5, 0.6) is 0 Å². The third-order valence-electron chi connectivity index (χ3n) is 5.37. The van der Waals surface area contributed by atoms with Crippen LogP contribution >= 0.6 is 0 Å². The van der Waals surface area contributed by atoms with Crippen molar-refractivity contribution in [3.8, 4) is 6.07 Å². The van der Waals surface area contributed by atoms with E-state index in [1.54, 1.807) is 4.90 Å². The summed E-state index contributed by atoms with van der Waals surface area (Å²) >= 11 is 0. The van der Waals surface area contributed by atoms with E-state index in [1.165, 1.54) is 11.8 Å². The molecule has 1 heterocycles. The molecule has 0 radical (unpaired) electrons. The quantitative estimate of drug-likeness (QED) is 0.599. The predicted octanol–water partition coefficient (Wildman–Crippen LogP) is 4.05. The lowest BCUT2D eigenvalue weighted by Crippen LogP contribution is -2.39. The van der Waals surface area contributed by atoms with Crippen molar-refractivity contribution >= 4 is 17.3 Å². The van der Waals surface area contributed by atoms with Gasteiger partial charge >= 0.3 is 0 Å². The average molecular weight is 389 g/mol. The van der Waals surface area contributed by atoms with Gasteiger partial charge in [-0.15, -0.1) is 0 Å². The van der Waals surface area contributed by atoms with Crippen LogP contribution in [0.3, 0.4) is 0 Å². The summed E-state index contributed by atoms with van der Waals surface area (Å²) in [6.45, 7) is 1.40. The molecule has 1 aliphatic rings. The second-order valence-electron chi connectivity index (χ2n) is 7.68. The fourth-order valence-electron chi connectivity index (χ4n) is 3.63. The van der Waals surface area contributed by atoms with Gasteiger partial charge in [0, 0.05) is 44.8 Å². The number of carbonyl (C=O) groups is 1. The maximum atomic E-state index is 12.8. The molecular weight excluding hydrogens is 360 g/mol. The minimum Gasteiger partial charge on any atom is -0.378 e. The highest BCUT2D eigenvalue weighted by molar-refractivity contribution is 5.97. The van der Waals surface area contributed by atoms with Crippen molar-refractivity contribution in [2.24, 2.45) is 5.92 Å². The minimum atomic E-state index is -0.193. The van der Waals surface area contributed by atoms with Crippen LogP contribution in [0.1, 0.15) is 18.4 Å². The topological polar surface area (TPSA) is 59.4 Å².